The first kappa shape index (κ1) is 26.6. The first-order valence-electron chi connectivity index (χ1n) is 11.6. The van der Waals surface area contributed by atoms with Gasteiger partial charge >= 0.3 is 0 Å². The summed E-state index contributed by atoms with van der Waals surface area (Å²) in [5.74, 6) is -0.509. The van der Waals surface area contributed by atoms with Gasteiger partial charge in [-0.3, -0.25) is 9.59 Å². The predicted octanol–water partition coefficient (Wildman–Crippen LogP) is 2.89. The van der Waals surface area contributed by atoms with Crippen LogP contribution >= 0.6 is 0 Å². The van der Waals surface area contributed by atoms with Crippen molar-refractivity contribution in [3.63, 3.8) is 0 Å². The summed E-state index contributed by atoms with van der Waals surface area (Å²) in [5.41, 5.74) is 6.64. The summed E-state index contributed by atoms with van der Waals surface area (Å²) < 4.78 is 23.9. The second kappa shape index (κ2) is 13.8. The molecule has 0 bridgehead atoms. The van der Waals surface area contributed by atoms with Crippen LogP contribution in [0.25, 0.3) is 0 Å². The number of benzene rings is 1. The van der Waals surface area contributed by atoms with Gasteiger partial charge in [-0.2, -0.15) is 4.99 Å². The van der Waals surface area contributed by atoms with E-state index in [1.54, 1.807) is 12.1 Å². The molecule has 1 aromatic rings. The SMILES string of the molecule is COc1cc(CNC(=O)C(CC2CCCCC2)NC(N)=NC(=O)COCC(C)C)ccc1F. The van der Waals surface area contributed by atoms with E-state index in [2.05, 4.69) is 15.6 Å². The molecule has 2 rings (SSSR count). The molecule has 1 aromatic carbocycles. The molecule has 1 unspecified atom stereocenters. The van der Waals surface area contributed by atoms with Crippen molar-refractivity contribution in [1.29, 1.82) is 0 Å². The Balaban J connectivity index is 2.00. The highest BCUT2D eigenvalue weighted by atomic mass is 19.1. The van der Waals surface area contributed by atoms with Gasteiger partial charge in [0, 0.05) is 13.2 Å². The minimum Gasteiger partial charge on any atom is -0.494 e. The average molecular weight is 465 g/mol. The fourth-order valence-electron chi connectivity index (χ4n) is 3.87. The minimum atomic E-state index is -0.636. The molecule has 9 heteroatoms. The molecule has 0 saturated heterocycles. The normalized spacial score (nSPS) is 15.8. The molecule has 1 fully saturated rings. The summed E-state index contributed by atoms with van der Waals surface area (Å²) in [6.45, 7) is 4.47. The van der Waals surface area contributed by atoms with Crippen LogP contribution in [0.2, 0.25) is 0 Å². The van der Waals surface area contributed by atoms with E-state index >= 15 is 0 Å². The van der Waals surface area contributed by atoms with Crippen LogP contribution < -0.4 is 21.1 Å². The van der Waals surface area contributed by atoms with Crippen molar-refractivity contribution in [3.05, 3.63) is 29.6 Å². The lowest BCUT2D eigenvalue weighted by Gasteiger charge is -2.27. The number of methoxy groups -OCH3 is 1. The number of rotatable bonds is 11. The Kier molecular flexibility index (Phi) is 11.1. The fraction of sp³-hybridized carbons (Fsp3) is 0.625. The number of carbonyl (C=O) groups is 2. The predicted molar refractivity (Wildman–Crippen MR) is 125 cm³/mol. The standard InChI is InChI=1S/C24H37FN4O4/c1-16(2)14-33-15-22(30)29-24(26)28-20(11-17-7-5-4-6-8-17)23(31)27-13-18-9-10-19(25)21(12-18)32-3/h9-10,12,16-17,20H,4-8,11,13-15H2,1-3H3,(H,27,31)(H3,26,28,29,30). The number of nitrogens with one attached hydrogen (secondary N) is 2. The Morgan fingerprint density at radius 3 is 2.64 bits per heavy atom. The van der Waals surface area contributed by atoms with E-state index in [0.29, 0.717) is 30.4 Å². The Labute approximate surface area is 195 Å². The molecule has 8 nitrogen and oxygen atoms in total. The van der Waals surface area contributed by atoms with Gasteiger partial charge < -0.3 is 25.8 Å². The van der Waals surface area contributed by atoms with Gasteiger partial charge in [-0.1, -0.05) is 52.0 Å². The molecule has 1 aliphatic carbocycles. The second-order valence-corrected chi connectivity index (χ2v) is 8.92. The molecule has 0 spiro atoms. The van der Waals surface area contributed by atoms with Crippen molar-refractivity contribution in [2.24, 2.45) is 22.6 Å². The van der Waals surface area contributed by atoms with Gasteiger partial charge in [0.1, 0.15) is 12.6 Å². The summed E-state index contributed by atoms with van der Waals surface area (Å²) in [5, 5.41) is 5.78. The van der Waals surface area contributed by atoms with Gasteiger partial charge in [-0.15, -0.1) is 0 Å². The lowest BCUT2D eigenvalue weighted by Crippen LogP contribution is -2.50. The van der Waals surface area contributed by atoms with Crippen LogP contribution in [-0.2, 0) is 20.9 Å². The molecule has 0 heterocycles. The van der Waals surface area contributed by atoms with Crippen molar-refractivity contribution in [2.75, 3.05) is 20.3 Å². The van der Waals surface area contributed by atoms with Crippen molar-refractivity contribution in [3.8, 4) is 5.75 Å². The molecule has 0 aliphatic heterocycles. The van der Waals surface area contributed by atoms with Gasteiger partial charge in [0.25, 0.3) is 5.91 Å². The highest BCUT2D eigenvalue weighted by molar-refractivity contribution is 5.95. The maximum atomic E-state index is 13.6. The zero-order valence-electron chi connectivity index (χ0n) is 19.9. The van der Waals surface area contributed by atoms with Crippen LogP contribution in [-0.4, -0.2) is 44.1 Å². The van der Waals surface area contributed by atoms with Crippen LogP contribution in [0.15, 0.2) is 23.2 Å². The van der Waals surface area contributed by atoms with Crippen molar-refractivity contribution in [2.45, 2.75) is 65.0 Å². The van der Waals surface area contributed by atoms with Crippen LogP contribution in [0.4, 0.5) is 4.39 Å². The van der Waals surface area contributed by atoms with E-state index in [-0.39, 0.29) is 30.8 Å². The first-order valence-corrected chi connectivity index (χ1v) is 11.6. The van der Waals surface area contributed by atoms with E-state index < -0.39 is 17.8 Å². The van der Waals surface area contributed by atoms with Crippen LogP contribution in [0.5, 0.6) is 5.75 Å². The summed E-state index contributed by atoms with van der Waals surface area (Å²) in [6.07, 6.45) is 6.20. The molecule has 33 heavy (non-hydrogen) atoms. The highest BCUT2D eigenvalue weighted by Gasteiger charge is 2.25. The van der Waals surface area contributed by atoms with Gasteiger partial charge in [0.2, 0.25) is 5.91 Å². The van der Waals surface area contributed by atoms with E-state index in [1.165, 1.54) is 19.6 Å². The first-order chi connectivity index (χ1) is 15.8. The molecule has 1 saturated carbocycles. The number of carbonyl (C=O) groups excluding carboxylic acids is 2. The van der Waals surface area contributed by atoms with E-state index in [9.17, 15) is 14.0 Å². The van der Waals surface area contributed by atoms with Crippen LogP contribution in [0.3, 0.4) is 0 Å². The Bertz CT molecular complexity index is 810. The molecule has 0 radical (unpaired) electrons. The van der Waals surface area contributed by atoms with Crippen molar-refractivity contribution in [1.82, 2.24) is 10.6 Å². The minimum absolute atomic E-state index is 0.104. The number of hydrogen-bond donors (Lipinski definition) is 3. The van der Waals surface area contributed by atoms with Crippen molar-refractivity contribution < 1.29 is 23.5 Å². The molecule has 0 aromatic heterocycles. The zero-order chi connectivity index (χ0) is 24.2. The molecule has 1 aliphatic rings. The monoisotopic (exact) mass is 464 g/mol. The smallest absolute Gasteiger partial charge is 0.274 e. The quantitative estimate of drug-likeness (QED) is 0.343. The Morgan fingerprint density at radius 2 is 1.97 bits per heavy atom. The zero-order valence-corrected chi connectivity index (χ0v) is 19.9. The number of hydrogen-bond acceptors (Lipinski definition) is 4. The fourth-order valence-corrected chi connectivity index (χ4v) is 3.87. The van der Waals surface area contributed by atoms with E-state index in [4.69, 9.17) is 15.2 Å². The number of guanidine groups is 1. The molecule has 184 valence electrons. The van der Waals surface area contributed by atoms with E-state index in [0.717, 1.165) is 25.7 Å². The van der Waals surface area contributed by atoms with Crippen LogP contribution in [0.1, 0.15) is 57.9 Å². The second-order valence-electron chi connectivity index (χ2n) is 8.92. The number of amides is 2. The molecule has 1 atom stereocenters. The van der Waals surface area contributed by atoms with E-state index in [1.807, 2.05) is 13.8 Å². The third kappa shape index (κ3) is 9.77. The Morgan fingerprint density at radius 1 is 1.24 bits per heavy atom. The maximum Gasteiger partial charge on any atom is 0.274 e. The largest absolute Gasteiger partial charge is 0.494 e. The maximum absolute atomic E-state index is 13.6. The lowest BCUT2D eigenvalue weighted by molar-refractivity contribution is -0.124. The summed E-state index contributed by atoms with van der Waals surface area (Å²) in [7, 11) is 1.39. The summed E-state index contributed by atoms with van der Waals surface area (Å²) in [6, 6.07) is 3.80. The Hall–Kier alpha value is -2.68. The van der Waals surface area contributed by atoms with Crippen molar-refractivity contribution >= 4 is 17.8 Å². The molecular weight excluding hydrogens is 427 g/mol. The summed E-state index contributed by atoms with van der Waals surface area (Å²) in [4.78, 5) is 28.8. The topological polar surface area (TPSA) is 115 Å². The molecular formula is C24H37FN4O4. The number of nitrogens with two attached hydrogens (primary N) is 1. The number of ether oxygens (including phenoxy) is 2. The number of nitrogens with zero attached hydrogens (tertiary/aromatic N) is 1. The van der Waals surface area contributed by atoms with Gasteiger partial charge in [-0.05, 0) is 36.0 Å². The molecule has 2 amide bonds. The highest BCUT2D eigenvalue weighted by Crippen LogP contribution is 2.27. The van der Waals surface area contributed by atoms with Gasteiger partial charge in [0.15, 0.2) is 17.5 Å². The summed E-state index contributed by atoms with van der Waals surface area (Å²) >= 11 is 0. The van der Waals surface area contributed by atoms with Gasteiger partial charge in [-0.25, -0.2) is 4.39 Å². The third-order valence-corrected chi connectivity index (χ3v) is 5.54. The number of aliphatic imine (C=N–C) groups is 1. The average Bonchev–Trinajstić information content (AvgIpc) is 2.78. The lowest BCUT2D eigenvalue weighted by atomic mass is 9.84. The van der Waals surface area contributed by atoms with Crippen LogP contribution in [0, 0.1) is 17.7 Å². The number of halogens is 1. The molecule has 4 N–H and O–H groups in total. The van der Waals surface area contributed by atoms with Gasteiger partial charge in [0.05, 0.1) is 7.11 Å². The third-order valence-electron chi connectivity index (χ3n) is 5.54.